The number of imidazole rings is 1. The molecular weight excluding hydrogens is 638 g/mol. The zero-order chi connectivity index (χ0) is 31.5. The predicted molar refractivity (Wildman–Crippen MR) is 173 cm³/mol. The molecule has 0 atom stereocenters. The zero-order valence-corrected chi connectivity index (χ0v) is 26.2. The van der Waals surface area contributed by atoms with Crippen LogP contribution in [0.2, 0.25) is 0 Å². The number of benzene rings is 3. The Hall–Kier alpha value is -4.39. The Kier molecular flexibility index (Phi) is 10.3. The first-order chi connectivity index (χ1) is 21.8. The molecule has 1 saturated carbocycles. The molecule has 0 radical (unpaired) electrons. The standard InChI is InChI=1S/C33H30F2N4O5S.ClH/c34-21-9-6-19(7-10-21)29-28(45-32(38-29)31(41)36-14-15-40)18-44-23-11-12-24(25(35)17-23)30-37-26-16-20(33(42)43)8-13-27(26)39(30)22-4-2-1-3-5-22;/h6-13,16-17,22,40H,1-5,14-15,18H2,(H,36,41)(H,42,43);1H. The Bertz CT molecular complexity index is 1870. The summed E-state index contributed by atoms with van der Waals surface area (Å²) in [5.74, 6) is -1.80. The van der Waals surface area contributed by atoms with Crippen molar-refractivity contribution in [3.8, 4) is 28.4 Å². The summed E-state index contributed by atoms with van der Waals surface area (Å²) in [5.41, 5.74) is 2.67. The van der Waals surface area contributed by atoms with Crippen LogP contribution in [0.5, 0.6) is 5.75 Å². The number of carbonyl (C=O) groups excluding carboxylic acids is 1. The molecule has 1 fully saturated rings. The summed E-state index contributed by atoms with van der Waals surface area (Å²) in [6.45, 7) is -0.189. The minimum Gasteiger partial charge on any atom is -0.488 e. The topological polar surface area (TPSA) is 127 Å². The van der Waals surface area contributed by atoms with Gasteiger partial charge < -0.3 is 24.8 Å². The first kappa shape index (κ1) is 33.0. The molecule has 3 N–H and O–H groups in total. The van der Waals surface area contributed by atoms with Crippen molar-refractivity contribution in [3.63, 3.8) is 0 Å². The lowest BCUT2D eigenvalue weighted by Gasteiger charge is -2.25. The van der Waals surface area contributed by atoms with E-state index >= 15 is 4.39 Å². The minimum atomic E-state index is -1.06. The van der Waals surface area contributed by atoms with Crippen LogP contribution in [0, 0.1) is 11.6 Å². The van der Waals surface area contributed by atoms with Crippen LogP contribution >= 0.6 is 23.7 Å². The summed E-state index contributed by atoms with van der Waals surface area (Å²) >= 11 is 1.09. The summed E-state index contributed by atoms with van der Waals surface area (Å²) < 4.78 is 37.4. The van der Waals surface area contributed by atoms with E-state index in [0.29, 0.717) is 27.5 Å². The average molecular weight is 669 g/mol. The molecule has 0 bridgehead atoms. The van der Waals surface area contributed by atoms with Crippen molar-refractivity contribution >= 4 is 46.7 Å². The fraction of sp³-hybridized carbons (Fsp3) is 0.273. The van der Waals surface area contributed by atoms with Crippen molar-refractivity contribution < 1.29 is 33.3 Å². The maximum atomic E-state index is 15.8. The summed E-state index contributed by atoms with van der Waals surface area (Å²) in [6.07, 6.45) is 5.09. The molecule has 46 heavy (non-hydrogen) atoms. The second kappa shape index (κ2) is 14.4. The van der Waals surface area contributed by atoms with Crippen molar-refractivity contribution in [2.24, 2.45) is 0 Å². The van der Waals surface area contributed by atoms with Crippen molar-refractivity contribution in [2.45, 2.75) is 44.8 Å². The van der Waals surface area contributed by atoms with Gasteiger partial charge in [-0.1, -0.05) is 19.3 Å². The number of aliphatic hydroxyl groups excluding tert-OH is 1. The molecule has 13 heteroatoms. The maximum absolute atomic E-state index is 15.8. The SMILES string of the molecule is Cl.O=C(O)c1ccc2c(c1)nc(-c1ccc(OCc3sc(C(=O)NCCO)nc3-c3ccc(F)cc3)cc1F)n2C1CCCCC1. The first-order valence-electron chi connectivity index (χ1n) is 14.6. The summed E-state index contributed by atoms with van der Waals surface area (Å²) in [6, 6.07) is 15.1. The van der Waals surface area contributed by atoms with Crippen LogP contribution in [0.1, 0.15) is 63.2 Å². The highest BCUT2D eigenvalue weighted by molar-refractivity contribution is 7.14. The van der Waals surface area contributed by atoms with Gasteiger partial charge in [0.25, 0.3) is 5.91 Å². The van der Waals surface area contributed by atoms with Crippen LogP contribution < -0.4 is 10.1 Å². The number of aromatic carboxylic acids is 1. The molecule has 0 unspecified atom stereocenters. The number of nitrogens with zero attached hydrogens (tertiary/aromatic N) is 3. The molecule has 2 aromatic heterocycles. The Morgan fingerprint density at radius 3 is 2.46 bits per heavy atom. The number of hydrogen-bond donors (Lipinski definition) is 3. The average Bonchev–Trinajstić information content (AvgIpc) is 3.65. The van der Waals surface area contributed by atoms with Crippen molar-refractivity contribution in [1.29, 1.82) is 0 Å². The van der Waals surface area contributed by atoms with Crippen LogP contribution in [0.15, 0.2) is 60.7 Å². The normalized spacial score (nSPS) is 13.4. The number of rotatable bonds is 10. The minimum absolute atomic E-state index is 0. The van der Waals surface area contributed by atoms with Crippen LogP contribution in [0.3, 0.4) is 0 Å². The molecule has 0 aliphatic heterocycles. The molecule has 1 amide bonds. The van der Waals surface area contributed by atoms with Gasteiger partial charge in [0.15, 0.2) is 5.01 Å². The Balaban J connectivity index is 0.00000417. The maximum Gasteiger partial charge on any atom is 0.335 e. The molecule has 6 rings (SSSR count). The third kappa shape index (κ3) is 6.88. The van der Waals surface area contributed by atoms with Gasteiger partial charge in [-0.15, -0.1) is 23.7 Å². The Morgan fingerprint density at radius 1 is 1.00 bits per heavy atom. The number of ether oxygens (including phenoxy) is 1. The quantitative estimate of drug-likeness (QED) is 0.146. The number of halogens is 3. The molecule has 3 aromatic carbocycles. The highest BCUT2D eigenvalue weighted by Crippen LogP contribution is 2.38. The molecule has 2 heterocycles. The lowest BCUT2D eigenvalue weighted by Crippen LogP contribution is -2.26. The van der Waals surface area contributed by atoms with Gasteiger partial charge in [0.2, 0.25) is 0 Å². The summed E-state index contributed by atoms with van der Waals surface area (Å²) in [4.78, 5) is 33.9. The van der Waals surface area contributed by atoms with E-state index < -0.39 is 23.5 Å². The van der Waals surface area contributed by atoms with Crippen molar-refractivity contribution in [1.82, 2.24) is 19.9 Å². The summed E-state index contributed by atoms with van der Waals surface area (Å²) in [5, 5.41) is 21.3. The van der Waals surface area contributed by atoms with E-state index in [1.54, 1.807) is 36.4 Å². The molecule has 1 aliphatic rings. The monoisotopic (exact) mass is 668 g/mol. The largest absolute Gasteiger partial charge is 0.488 e. The van der Waals surface area contributed by atoms with Gasteiger partial charge in [0.1, 0.15) is 29.8 Å². The Labute approximate surface area is 273 Å². The number of aliphatic hydroxyl groups is 1. The van der Waals surface area contributed by atoms with Crippen LogP contribution in [-0.2, 0) is 6.61 Å². The van der Waals surface area contributed by atoms with Gasteiger partial charge in [-0.05, 0) is 67.4 Å². The third-order valence-electron chi connectivity index (χ3n) is 7.83. The second-order valence-corrected chi connectivity index (χ2v) is 11.9. The van der Waals surface area contributed by atoms with Crippen LogP contribution in [-0.4, -0.2) is 49.8 Å². The number of aromatic nitrogens is 3. The molecule has 9 nitrogen and oxygen atoms in total. The third-order valence-corrected chi connectivity index (χ3v) is 8.86. The lowest BCUT2D eigenvalue weighted by atomic mass is 9.94. The Morgan fingerprint density at radius 2 is 1.76 bits per heavy atom. The highest BCUT2D eigenvalue weighted by Gasteiger charge is 2.25. The van der Waals surface area contributed by atoms with Crippen molar-refractivity contribution in [2.75, 3.05) is 13.2 Å². The van der Waals surface area contributed by atoms with E-state index in [0.717, 1.165) is 49.0 Å². The van der Waals surface area contributed by atoms with E-state index in [2.05, 4.69) is 10.3 Å². The number of nitrogens with one attached hydrogen (secondary N) is 1. The fourth-order valence-electron chi connectivity index (χ4n) is 5.67. The number of carboxylic acid groups (broad SMARTS) is 1. The molecule has 0 spiro atoms. The first-order valence-corrected chi connectivity index (χ1v) is 15.5. The fourth-order valence-corrected chi connectivity index (χ4v) is 6.58. The molecule has 240 valence electrons. The summed E-state index contributed by atoms with van der Waals surface area (Å²) in [7, 11) is 0. The van der Waals surface area contributed by atoms with Gasteiger partial charge >= 0.3 is 5.97 Å². The van der Waals surface area contributed by atoms with E-state index in [4.69, 9.17) is 14.8 Å². The van der Waals surface area contributed by atoms with Gasteiger partial charge in [-0.2, -0.15) is 0 Å². The van der Waals surface area contributed by atoms with E-state index in [9.17, 15) is 19.1 Å². The highest BCUT2D eigenvalue weighted by atomic mass is 35.5. The number of thiazole rings is 1. The van der Waals surface area contributed by atoms with Crippen LogP contribution in [0.4, 0.5) is 8.78 Å². The predicted octanol–water partition coefficient (Wildman–Crippen LogP) is 7.03. The van der Waals surface area contributed by atoms with Gasteiger partial charge in [0.05, 0.1) is 39.3 Å². The lowest BCUT2D eigenvalue weighted by molar-refractivity contribution is 0.0696. The molecular formula is C33H31ClF2N4O5S. The van der Waals surface area contributed by atoms with Gasteiger partial charge in [-0.25, -0.2) is 23.5 Å². The van der Waals surface area contributed by atoms with E-state index in [1.807, 2.05) is 4.57 Å². The molecule has 1 aliphatic carbocycles. The second-order valence-electron chi connectivity index (χ2n) is 10.8. The molecule has 0 saturated heterocycles. The number of carbonyl (C=O) groups is 2. The number of hydrogen-bond acceptors (Lipinski definition) is 7. The number of carboxylic acids is 1. The van der Waals surface area contributed by atoms with Gasteiger partial charge in [-0.3, -0.25) is 4.79 Å². The van der Waals surface area contributed by atoms with E-state index in [-0.39, 0.29) is 60.1 Å². The smallest absolute Gasteiger partial charge is 0.335 e. The zero-order valence-electron chi connectivity index (χ0n) is 24.5. The van der Waals surface area contributed by atoms with Crippen LogP contribution in [0.25, 0.3) is 33.7 Å². The van der Waals surface area contributed by atoms with Gasteiger partial charge in [0, 0.05) is 24.2 Å². The number of amides is 1. The molecule has 5 aromatic rings. The number of fused-ring (bicyclic) bond motifs is 1. The van der Waals surface area contributed by atoms with E-state index in [1.165, 1.54) is 24.3 Å². The van der Waals surface area contributed by atoms with Crippen molar-refractivity contribution in [3.05, 3.63) is 87.7 Å².